The van der Waals surface area contributed by atoms with Gasteiger partial charge in [0.2, 0.25) is 0 Å². The summed E-state index contributed by atoms with van der Waals surface area (Å²) in [4.78, 5) is 30.6. The summed E-state index contributed by atoms with van der Waals surface area (Å²) in [5.41, 5.74) is 2.32. The van der Waals surface area contributed by atoms with Gasteiger partial charge in [-0.05, 0) is 35.9 Å². The topological polar surface area (TPSA) is 76.9 Å². The molecule has 0 aliphatic rings. The zero-order valence-electron chi connectivity index (χ0n) is 16.5. The molecule has 0 atom stereocenters. The van der Waals surface area contributed by atoms with Crippen LogP contribution in [0.15, 0.2) is 95.9 Å². The van der Waals surface area contributed by atoms with Gasteiger partial charge in [0.1, 0.15) is 0 Å². The third-order valence-electron chi connectivity index (χ3n) is 5.15. The Kier molecular flexibility index (Phi) is 4.72. The second-order valence-electron chi connectivity index (χ2n) is 7.17. The monoisotopic (exact) mass is 406 g/mol. The molecule has 0 bridgehead atoms. The SMILES string of the molecule is O=C(Nc1cccc2ncccc12)c1nn(Cc2ccccc2)c(=O)c2ccccc12. The van der Waals surface area contributed by atoms with Crippen LogP contribution >= 0.6 is 0 Å². The molecule has 0 radical (unpaired) electrons. The van der Waals surface area contributed by atoms with Crippen LogP contribution in [-0.2, 0) is 6.54 Å². The van der Waals surface area contributed by atoms with Crippen molar-refractivity contribution in [2.45, 2.75) is 6.54 Å². The largest absolute Gasteiger partial charge is 0.320 e. The molecule has 0 unspecified atom stereocenters. The Hall–Kier alpha value is -4.32. The van der Waals surface area contributed by atoms with E-state index in [0.29, 0.717) is 16.5 Å². The molecule has 0 fully saturated rings. The van der Waals surface area contributed by atoms with Crippen LogP contribution in [0.2, 0.25) is 0 Å². The maximum absolute atomic E-state index is 13.3. The Balaban J connectivity index is 1.60. The number of nitrogens with one attached hydrogen (secondary N) is 1. The molecule has 6 nitrogen and oxygen atoms in total. The highest BCUT2D eigenvalue weighted by Gasteiger charge is 2.18. The first-order chi connectivity index (χ1) is 15.2. The van der Waals surface area contributed by atoms with Crippen LogP contribution < -0.4 is 10.9 Å². The fourth-order valence-electron chi connectivity index (χ4n) is 3.66. The fourth-order valence-corrected chi connectivity index (χ4v) is 3.66. The zero-order chi connectivity index (χ0) is 21.2. The maximum atomic E-state index is 13.3. The van der Waals surface area contributed by atoms with E-state index in [4.69, 9.17) is 0 Å². The number of carbonyl (C=O) groups excluding carboxylic acids is 1. The van der Waals surface area contributed by atoms with Crippen molar-refractivity contribution in [3.63, 3.8) is 0 Å². The minimum atomic E-state index is -0.380. The van der Waals surface area contributed by atoms with E-state index in [1.807, 2.05) is 60.7 Å². The van der Waals surface area contributed by atoms with Gasteiger partial charge in [-0.25, -0.2) is 4.68 Å². The number of pyridine rings is 1. The lowest BCUT2D eigenvalue weighted by Crippen LogP contribution is -2.28. The lowest BCUT2D eigenvalue weighted by atomic mass is 10.1. The third-order valence-corrected chi connectivity index (χ3v) is 5.15. The predicted molar refractivity (Wildman–Crippen MR) is 121 cm³/mol. The lowest BCUT2D eigenvalue weighted by molar-refractivity contribution is 0.102. The van der Waals surface area contributed by atoms with Gasteiger partial charge in [0.05, 0.1) is 23.1 Å². The molecule has 0 saturated heterocycles. The molecule has 3 aromatic carbocycles. The van der Waals surface area contributed by atoms with Gasteiger partial charge in [0, 0.05) is 17.0 Å². The summed E-state index contributed by atoms with van der Waals surface area (Å²) < 4.78 is 1.34. The summed E-state index contributed by atoms with van der Waals surface area (Å²) in [5.74, 6) is -0.380. The Bertz CT molecular complexity index is 1470. The smallest absolute Gasteiger partial charge is 0.276 e. The highest BCUT2D eigenvalue weighted by atomic mass is 16.2. The molecule has 6 heteroatoms. The molecule has 2 aromatic heterocycles. The van der Waals surface area contributed by atoms with Crippen LogP contribution in [0.4, 0.5) is 5.69 Å². The summed E-state index contributed by atoms with van der Waals surface area (Å²) in [7, 11) is 0. The summed E-state index contributed by atoms with van der Waals surface area (Å²) in [6.07, 6.45) is 1.71. The summed E-state index contributed by atoms with van der Waals surface area (Å²) in [5, 5.41) is 9.21. The number of hydrogen-bond donors (Lipinski definition) is 1. The van der Waals surface area contributed by atoms with Crippen LogP contribution in [0, 0.1) is 0 Å². The van der Waals surface area contributed by atoms with Crippen LogP contribution in [0.5, 0.6) is 0 Å². The van der Waals surface area contributed by atoms with E-state index in [9.17, 15) is 9.59 Å². The molecular weight excluding hydrogens is 388 g/mol. The van der Waals surface area contributed by atoms with Crippen molar-refractivity contribution in [1.29, 1.82) is 0 Å². The lowest BCUT2D eigenvalue weighted by Gasteiger charge is -2.12. The first-order valence-electron chi connectivity index (χ1n) is 9.89. The molecule has 0 aliphatic carbocycles. The molecule has 0 saturated carbocycles. The van der Waals surface area contributed by atoms with E-state index < -0.39 is 0 Å². The summed E-state index contributed by atoms with van der Waals surface area (Å²) in [6.45, 7) is 0.281. The molecule has 1 amide bonds. The van der Waals surface area contributed by atoms with Crippen LogP contribution in [0.3, 0.4) is 0 Å². The van der Waals surface area contributed by atoms with Gasteiger partial charge in [0.15, 0.2) is 5.69 Å². The Morgan fingerprint density at radius 1 is 0.806 bits per heavy atom. The van der Waals surface area contributed by atoms with E-state index >= 15 is 0 Å². The maximum Gasteiger partial charge on any atom is 0.276 e. The molecule has 0 aliphatic heterocycles. The normalized spacial score (nSPS) is 11.0. The molecule has 31 heavy (non-hydrogen) atoms. The van der Waals surface area contributed by atoms with Crippen molar-refractivity contribution in [3.8, 4) is 0 Å². The van der Waals surface area contributed by atoms with Crippen molar-refractivity contribution in [1.82, 2.24) is 14.8 Å². The molecule has 1 N–H and O–H groups in total. The van der Waals surface area contributed by atoms with Gasteiger partial charge in [-0.15, -0.1) is 0 Å². The van der Waals surface area contributed by atoms with Crippen molar-refractivity contribution >= 4 is 33.3 Å². The average molecular weight is 406 g/mol. The number of hydrogen-bond acceptors (Lipinski definition) is 4. The summed E-state index contributed by atoms with van der Waals surface area (Å²) >= 11 is 0. The van der Waals surface area contributed by atoms with Crippen LogP contribution in [0.1, 0.15) is 16.1 Å². The number of aromatic nitrogens is 3. The fraction of sp³-hybridized carbons (Fsp3) is 0.0400. The molecular formula is C25H18N4O2. The minimum Gasteiger partial charge on any atom is -0.320 e. The second-order valence-corrected chi connectivity index (χ2v) is 7.17. The van der Waals surface area contributed by atoms with Crippen LogP contribution in [0.25, 0.3) is 21.7 Å². The second kappa shape index (κ2) is 7.84. The Morgan fingerprint density at radius 2 is 1.55 bits per heavy atom. The minimum absolute atomic E-state index is 0.201. The molecule has 0 spiro atoms. The van der Waals surface area contributed by atoms with Crippen molar-refractivity contribution in [2.75, 3.05) is 5.32 Å². The number of rotatable bonds is 4. The van der Waals surface area contributed by atoms with Gasteiger partial charge in [-0.2, -0.15) is 5.10 Å². The zero-order valence-corrected chi connectivity index (χ0v) is 16.5. The number of amides is 1. The highest BCUT2D eigenvalue weighted by molar-refractivity contribution is 6.13. The first kappa shape index (κ1) is 18.7. The number of anilines is 1. The van der Waals surface area contributed by atoms with Crippen molar-refractivity contribution < 1.29 is 4.79 Å². The first-order valence-corrected chi connectivity index (χ1v) is 9.89. The molecule has 5 aromatic rings. The van der Waals surface area contributed by atoms with E-state index in [1.165, 1.54) is 4.68 Å². The highest BCUT2D eigenvalue weighted by Crippen LogP contribution is 2.23. The van der Waals surface area contributed by atoms with Crippen LogP contribution in [-0.4, -0.2) is 20.7 Å². The van der Waals surface area contributed by atoms with E-state index in [-0.39, 0.29) is 23.7 Å². The Labute approximate surface area is 177 Å². The standard InChI is InChI=1S/C25H18N4O2/c30-24(27-22-14-6-13-21-20(22)12-7-15-26-21)23-18-10-4-5-11-19(18)25(31)29(28-23)16-17-8-2-1-3-9-17/h1-15H,16H2,(H,27,30). The number of benzene rings is 3. The van der Waals surface area contributed by atoms with E-state index in [1.54, 1.807) is 30.5 Å². The van der Waals surface area contributed by atoms with E-state index in [2.05, 4.69) is 15.4 Å². The third kappa shape index (κ3) is 3.55. The van der Waals surface area contributed by atoms with Gasteiger partial charge in [-0.1, -0.05) is 54.6 Å². The average Bonchev–Trinajstić information content (AvgIpc) is 2.82. The number of fused-ring (bicyclic) bond motifs is 2. The summed E-state index contributed by atoms with van der Waals surface area (Å²) in [6, 6.07) is 25.9. The van der Waals surface area contributed by atoms with Gasteiger partial charge >= 0.3 is 0 Å². The quantitative estimate of drug-likeness (QED) is 0.484. The van der Waals surface area contributed by atoms with Gasteiger partial charge < -0.3 is 5.32 Å². The molecule has 2 heterocycles. The Morgan fingerprint density at radius 3 is 2.39 bits per heavy atom. The number of carbonyl (C=O) groups is 1. The number of nitrogens with zero attached hydrogens (tertiary/aromatic N) is 3. The van der Waals surface area contributed by atoms with Crippen molar-refractivity contribution in [2.24, 2.45) is 0 Å². The van der Waals surface area contributed by atoms with Gasteiger partial charge in [0.25, 0.3) is 11.5 Å². The van der Waals surface area contributed by atoms with Crippen molar-refractivity contribution in [3.05, 3.63) is 113 Å². The van der Waals surface area contributed by atoms with E-state index in [0.717, 1.165) is 16.5 Å². The van der Waals surface area contributed by atoms with Gasteiger partial charge in [-0.3, -0.25) is 14.6 Å². The molecule has 5 rings (SSSR count). The predicted octanol–water partition coefficient (Wildman–Crippen LogP) is 4.25. The molecule has 150 valence electrons.